The summed E-state index contributed by atoms with van der Waals surface area (Å²) in [5, 5.41) is 63.2. The second kappa shape index (κ2) is 32.7. The minimum atomic E-state index is -1.51. The molecule has 0 aromatic carbocycles. The Hall–Kier alpha value is -7.91. The van der Waals surface area contributed by atoms with Gasteiger partial charge in [-0.05, 0) is 43.2 Å². The lowest BCUT2D eigenvalue weighted by atomic mass is 9.85. The van der Waals surface area contributed by atoms with Crippen molar-refractivity contribution in [1.29, 1.82) is 0 Å². The lowest BCUT2D eigenvalue weighted by Gasteiger charge is -2.36. The molecule has 32 heteroatoms. The molecule has 8 atom stereocenters. The maximum atomic E-state index is 14.2. The number of carbonyl (C=O) groups is 13. The third-order valence-electron chi connectivity index (χ3n) is 15.8. The van der Waals surface area contributed by atoms with E-state index >= 15 is 0 Å². The number of Topliss-reactive ketones (excluding diaryl/α,β-unsaturated/α-hetero) is 1. The van der Waals surface area contributed by atoms with Crippen molar-refractivity contribution in [2.75, 3.05) is 111 Å². The molecule has 5 heterocycles. The van der Waals surface area contributed by atoms with Crippen molar-refractivity contribution in [2.24, 2.45) is 11.8 Å². The molecule has 5 aliphatic rings. The second-order valence-corrected chi connectivity index (χ2v) is 22.3. The highest BCUT2D eigenvalue weighted by molar-refractivity contribution is 6.25. The fraction of sp³-hybridized carbons (Fsp3) is 0.655. The topological polar surface area (TPSA) is 435 Å². The molecule has 3 saturated heterocycles. The Bertz CT molecular complexity index is 2720. The highest BCUT2D eigenvalue weighted by Gasteiger charge is 2.40. The molecule has 6 unspecified atom stereocenters. The van der Waals surface area contributed by atoms with Gasteiger partial charge in [0.1, 0.15) is 30.8 Å². The first kappa shape index (κ1) is 68.2. The van der Waals surface area contributed by atoms with E-state index in [0.717, 1.165) is 5.56 Å². The minimum absolute atomic E-state index is 0.0115. The molecule has 480 valence electrons. The minimum Gasteiger partial charge on any atom is -0.481 e. The van der Waals surface area contributed by atoms with E-state index in [-0.39, 0.29) is 96.3 Å². The molecule has 1 aromatic rings. The molecule has 6 rings (SSSR count). The van der Waals surface area contributed by atoms with Gasteiger partial charge >= 0.3 is 29.8 Å². The summed E-state index contributed by atoms with van der Waals surface area (Å²) in [6.45, 7) is 5.05. The lowest BCUT2D eigenvalue weighted by Crippen LogP contribution is -2.56. The van der Waals surface area contributed by atoms with E-state index < -0.39 is 152 Å². The van der Waals surface area contributed by atoms with Crippen molar-refractivity contribution in [1.82, 2.24) is 61.0 Å². The summed E-state index contributed by atoms with van der Waals surface area (Å²) in [7, 11) is 0. The number of ketones is 1. The van der Waals surface area contributed by atoms with E-state index in [1.807, 2.05) is 9.47 Å². The van der Waals surface area contributed by atoms with Crippen LogP contribution in [0.1, 0.15) is 70.1 Å². The number of nitrogens with one attached hydrogen (secondary N) is 6. The van der Waals surface area contributed by atoms with Crippen LogP contribution in [-0.2, 0) is 84.8 Å². The second-order valence-electron chi connectivity index (χ2n) is 22.3. The molecular formula is C55H80N12O20. The Morgan fingerprint density at radius 1 is 0.667 bits per heavy atom. The van der Waals surface area contributed by atoms with Crippen LogP contribution in [0.2, 0.25) is 0 Å². The first-order valence-electron chi connectivity index (χ1n) is 29.1. The van der Waals surface area contributed by atoms with Crippen LogP contribution in [0.25, 0.3) is 5.57 Å². The molecule has 11 N–H and O–H groups in total. The molecule has 32 nitrogen and oxygen atoms in total. The van der Waals surface area contributed by atoms with Gasteiger partial charge in [0.05, 0.1) is 56.9 Å². The number of aliphatic carboxylic acids is 4. The summed E-state index contributed by atoms with van der Waals surface area (Å²) in [6, 6.07) is -4.29. The number of carboxylic acid groups (broad SMARTS) is 4. The fourth-order valence-corrected chi connectivity index (χ4v) is 10.8. The van der Waals surface area contributed by atoms with Gasteiger partial charge in [0, 0.05) is 103 Å². The monoisotopic (exact) mass is 1230 g/mol. The van der Waals surface area contributed by atoms with Crippen LogP contribution in [0.4, 0.5) is 0 Å². The molecule has 4 aliphatic heterocycles. The van der Waals surface area contributed by atoms with Gasteiger partial charge in [-0.3, -0.25) is 81.9 Å². The number of piperazine rings is 1. The molecule has 7 amide bonds. The van der Waals surface area contributed by atoms with E-state index in [1.165, 1.54) is 6.08 Å². The zero-order valence-electron chi connectivity index (χ0n) is 48.8. The van der Waals surface area contributed by atoms with Crippen molar-refractivity contribution >= 4 is 82.6 Å². The van der Waals surface area contributed by atoms with Crippen molar-refractivity contribution in [3.05, 3.63) is 29.6 Å². The molecule has 0 saturated carbocycles. The van der Waals surface area contributed by atoms with Crippen LogP contribution in [0, 0.1) is 11.8 Å². The van der Waals surface area contributed by atoms with Crippen LogP contribution in [0.3, 0.4) is 0 Å². The highest BCUT2D eigenvalue weighted by atomic mass is 16.6. The van der Waals surface area contributed by atoms with Crippen LogP contribution in [0.5, 0.6) is 0 Å². The zero-order valence-corrected chi connectivity index (χ0v) is 48.8. The number of carbonyl (C=O) groups excluding carboxylic acids is 9. The number of carboxylic acids is 4. The summed E-state index contributed by atoms with van der Waals surface area (Å²) >= 11 is 0. The quantitative estimate of drug-likeness (QED) is 0.0253. The SMILES string of the molecule is CCC(C)C(NC(=O)COCCNC(=O)C(CCC(=O)O)NC(=O)C(CCC(=O)O)NC(=O)CN1CCN(C(=O)CN2CCN(CC(=O)O)CCN(CC(=O)O)CC2)CC1)C(=O)N[C@H]1CCn2ccc3c2C(=C[C@@H](C(=O)NC2CC(=O)OC2O)C3)C1=O. The van der Waals surface area contributed by atoms with Crippen LogP contribution < -0.4 is 31.9 Å². The van der Waals surface area contributed by atoms with E-state index in [4.69, 9.17) is 9.47 Å². The van der Waals surface area contributed by atoms with Gasteiger partial charge in [0.25, 0.3) is 0 Å². The van der Waals surface area contributed by atoms with Crippen LogP contribution >= 0.6 is 0 Å². The Morgan fingerprint density at radius 2 is 1.24 bits per heavy atom. The zero-order chi connectivity index (χ0) is 63.5. The summed E-state index contributed by atoms with van der Waals surface area (Å²) in [4.78, 5) is 175. The predicted molar refractivity (Wildman–Crippen MR) is 300 cm³/mol. The number of aliphatic hydroxyl groups excluding tert-OH is 1. The third kappa shape index (κ3) is 20.9. The number of esters is 1. The van der Waals surface area contributed by atoms with Gasteiger partial charge in [-0.25, -0.2) is 0 Å². The highest BCUT2D eigenvalue weighted by Crippen LogP contribution is 2.35. The molecule has 1 aliphatic carbocycles. The smallest absolute Gasteiger partial charge is 0.317 e. The number of ether oxygens (including phenoxy) is 2. The van der Waals surface area contributed by atoms with Crippen molar-refractivity contribution in [3.8, 4) is 0 Å². The maximum absolute atomic E-state index is 14.2. The number of hydrogen-bond donors (Lipinski definition) is 11. The van der Waals surface area contributed by atoms with Crippen molar-refractivity contribution < 1.29 is 97.3 Å². The van der Waals surface area contributed by atoms with E-state index in [9.17, 15) is 87.9 Å². The normalized spacial score (nSPS) is 21.7. The number of aromatic nitrogens is 1. The van der Waals surface area contributed by atoms with E-state index in [1.54, 1.807) is 45.7 Å². The molecule has 3 fully saturated rings. The van der Waals surface area contributed by atoms with Gasteiger partial charge in [0.2, 0.25) is 47.6 Å². The number of aryl methyl sites for hydroxylation is 1. The number of amides is 7. The number of aliphatic hydroxyl groups is 1. The van der Waals surface area contributed by atoms with Gasteiger partial charge in [0.15, 0.2) is 5.78 Å². The largest absolute Gasteiger partial charge is 0.481 e. The Labute approximate surface area is 500 Å². The summed E-state index contributed by atoms with van der Waals surface area (Å²) in [5.74, 6) is -11.7. The molecular weight excluding hydrogens is 1150 g/mol. The van der Waals surface area contributed by atoms with Crippen molar-refractivity contribution in [2.45, 2.75) is 108 Å². The molecule has 0 bridgehead atoms. The number of hydrogen-bond acceptors (Lipinski definition) is 20. The third-order valence-corrected chi connectivity index (χ3v) is 15.8. The predicted octanol–water partition coefficient (Wildman–Crippen LogP) is -5.15. The molecule has 0 spiro atoms. The van der Waals surface area contributed by atoms with Gasteiger partial charge in [-0.1, -0.05) is 26.3 Å². The van der Waals surface area contributed by atoms with Crippen molar-refractivity contribution in [3.63, 3.8) is 0 Å². The lowest BCUT2D eigenvalue weighted by molar-refractivity contribution is -0.155. The summed E-state index contributed by atoms with van der Waals surface area (Å²) < 4.78 is 12.1. The molecule has 0 radical (unpaired) electrons. The van der Waals surface area contributed by atoms with Gasteiger partial charge in [-0.15, -0.1) is 0 Å². The van der Waals surface area contributed by atoms with Crippen LogP contribution in [-0.4, -0.2) is 279 Å². The van der Waals surface area contributed by atoms with E-state index in [2.05, 4.69) is 31.9 Å². The number of cyclic esters (lactones) is 1. The Balaban J connectivity index is 0.956. The molecule has 87 heavy (non-hydrogen) atoms. The first-order chi connectivity index (χ1) is 41.4. The first-order valence-corrected chi connectivity index (χ1v) is 29.1. The number of nitrogens with zero attached hydrogens (tertiary/aromatic N) is 6. The summed E-state index contributed by atoms with van der Waals surface area (Å²) in [5.41, 5.74) is 1.55. The number of rotatable bonds is 30. The molecule has 1 aromatic heterocycles. The fourth-order valence-electron chi connectivity index (χ4n) is 10.8. The van der Waals surface area contributed by atoms with Crippen LogP contribution in [0.15, 0.2) is 18.3 Å². The van der Waals surface area contributed by atoms with Gasteiger partial charge in [-0.2, -0.15) is 0 Å². The average Bonchev–Trinajstić information content (AvgIpc) is 1.72. The van der Waals surface area contributed by atoms with Gasteiger partial charge < -0.3 is 76.4 Å². The Kier molecular flexibility index (Phi) is 25.7. The average molecular weight is 1230 g/mol. The Morgan fingerprint density at radius 3 is 1.80 bits per heavy atom. The summed E-state index contributed by atoms with van der Waals surface area (Å²) in [6.07, 6.45) is 0.472. The van der Waals surface area contributed by atoms with E-state index in [0.29, 0.717) is 57.9 Å². The maximum Gasteiger partial charge on any atom is 0.317 e. The standard InChI is InChI=1S/C55H80N12O20/c1-3-32(2)48(54(84)58-36-9-12-67-11-8-33-24-34(25-35(49(33)67)50(36)80)51(81)60-39-26-47(79)87-55(39)85)61-41(69)31-86-23-10-56-52(82)37(4-6-43(71)72)59-53(83)38(5-7-44(73)74)57-40(68)27-62-19-21-66(22-20-62)42(70)28-63-13-15-64(29-45(75)76)17-18-65(16-14-63)30-46(77)78/h8,11,25,32,34,36-39,48,55,85H,3-7,9-10,12-24,26-31H2,1-2H3,(H,56,82)(H,57,68)(H,58,84)(H,59,83)(H,60,81)(H,61,69)(H,71,72)(H,73,74)(H,75,76)(H,77,78)/t32?,34-,36-,37?,38?,39?,48?,55?/m0/s1.